The highest BCUT2D eigenvalue weighted by atomic mass is 31.2. The van der Waals surface area contributed by atoms with Gasteiger partial charge in [-0.05, 0) is 38.0 Å². The van der Waals surface area contributed by atoms with Gasteiger partial charge in [-0.3, -0.25) is 23.4 Å². The van der Waals surface area contributed by atoms with Crippen molar-refractivity contribution in [2.75, 3.05) is 26.4 Å². The third-order valence-electron chi connectivity index (χ3n) is 11.5. The van der Waals surface area contributed by atoms with Gasteiger partial charge in [0, 0.05) is 31.1 Å². The van der Waals surface area contributed by atoms with Gasteiger partial charge in [0.2, 0.25) is 0 Å². The minimum atomic E-state index is -4.68. The fourth-order valence-corrected chi connectivity index (χ4v) is 8.15. The van der Waals surface area contributed by atoms with E-state index in [-0.39, 0.29) is 36.9 Å². The van der Waals surface area contributed by atoms with Crippen molar-refractivity contribution in [3.63, 3.8) is 0 Å². The summed E-state index contributed by atoms with van der Waals surface area (Å²) < 4.78 is 32.7. The van der Waals surface area contributed by atoms with Gasteiger partial charge in [0.05, 0.1) is 32.0 Å². The molecule has 0 saturated heterocycles. The minimum absolute atomic E-state index is 0.0167. The van der Waals surface area contributed by atoms with E-state index >= 15 is 0 Å². The third-order valence-corrected chi connectivity index (χ3v) is 12.5. The van der Waals surface area contributed by atoms with Crippen molar-refractivity contribution in [1.82, 2.24) is 0 Å². The second-order valence-corrected chi connectivity index (χ2v) is 18.6. The fraction of sp³-hybridized carbons (Fsp3) is 0.851. The zero-order chi connectivity index (χ0) is 45.1. The van der Waals surface area contributed by atoms with Gasteiger partial charge in [0.1, 0.15) is 18.5 Å². The first kappa shape index (κ1) is 57.1. The summed E-state index contributed by atoms with van der Waals surface area (Å²) in [6.07, 6.45) is 27.9. The van der Waals surface area contributed by atoms with Crippen LogP contribution in [0.3, 0.4) is 0 Å². The van der Waals surface area contributed by atoms with Gasteiger partial charge in [0.15, 0.2) is 6.10 Å². The normalized spacial score (nSPS) is 19.9. The molecule has 0 amide bonds. The number of Topliss-reactive ketones (excluding diaryl/α,β-unsaturated/α-hetero) is 1. The number of unbranched alkanes of at least 4 members (excludes halogenated alkanes) is 16. The van der Waals surface area contributed by atoms with E-state index in [1.165, 1.54) is 77.0 Å². The van der Waals surface area contributed by atoms with Gasteiger partial charge in [-0.1, -0.05) is 161 Å². The van der Waals surface area contributed by atoms with Gasteiger partial charge >= 0.3 is 19.8 Å². The molecule has 0 aromatic carbocycles. The Kier molecular flexibility index (Phi) is 34.0. The van der Waals surface area contributed by atoms with Crippen LogP contribution in [0.15, 0.2) is 24.3 Å². The predicted molar refractivity (Wildman–Crippen MR) is 238 cm³/mol. The molecule has 1 aliphatic rings. The van der Waals surface area contributed by atoms with Gasteiger partial charge < -0.3 is 34.8 Å². The molecule has 0 spiro atoms. The molecule has 0 aliphatic heterocycles. The van der Waals surface area contributed by atoms with E-state index in [1.54, 1.807) is 12.2 Å². The van der Waals surface area contributed by atoms with E-state index in [0.29, 0.717) is 32.1 Å². The number of aliphatic hydroxyl groups excluding tert-OH is 4. The first-order valence-corrected chi connectivity index (χ1v) is 25.3. The average molecular weight is 889 g/mol. The molecule has 0 radical (unpaired) electrons. The molecule has 8 atom stereocenters. The Hall–Kier alpha value is -1.96. The smallest absolute Gasteiger partial charge is 0.462 e. The fourth-order valence-electron chi connectivity index (χ4n) is 7.36. The number of carbonyl (C=O) groups excluding carboxylic acids is 3. The Labute approximate surface area is 368 Å². The summed E-state index contributed by atoms with van der Waals surface area (Å²) in [5, 5.41) is 39.1. The molecule has 1 rings (SSSR count). The van der Waals surface area contributed by atoms with Crippen molar-refractivity contribution in [2.45, 2.75) is 212 Å². The van der Waals surface area contributed by atoms with E-state index in [0.717, 1.165) is 44.4 Å². The van der Waals surface area contributed by atoms with Crippen molar-refractivity contribution >= 4 is 25.5 Å². The summed E-state index contributed by atoms with van der Waals surface area (Å²) >= 11 is 0. The molecule has 61 heavy (non-hydrogen) atoms. The molecule has 1 saturated carbocycles. The van der Waals surface area contributed by atoms with Gasteiger partial charge in [-0.2, -0.15) is 0 Å². The van der Waals surface area contributed by atoms with E-state index in [1.807, 2.05) is 12.2 Å². The second kappa shape index (κ2) is 36.4. The number of hydrogen-bond acceptors (Lipinski definition) is 12. The summed E-state index contributed by atoms with van der Waals surface area (Å²) in [6.45, 7) is 4.35. The van der Waals surface area contributed by atoms with Crippen molar-refractivity contribution in [2.24, 2.45) is 17.8 Å². The van der Waals surface area contributed by atoms with Crippen LogP contribution in [0.1, 0.15) is 188 Å². The van der Waals surface area contributed by atoms with Crippen LogP contribution in [-0.4, -0.2) is 93.9 Å². The van der Waals surface area contributed by atoms with Crippen molar-refractivity contribution in [3.8, 4) is 0 Å². The number of ketones is 1. The Morgan fingerprint density at radius 3 is 1.95 bits per heavy atom. The first-order chi connectivity index (χ1) is 29.3. The standard InChI is InChI=1S/C47H85O13P/c1-4-6-21-27-39(49)31-32-43-42(44(51)33-45(43)52)28-23-19-20-24-29-46(53)57-36-41(37-59-61(55,56)58-35-40(50)34-48)60-47(54)30-25-18-16-14-12-10-8-7-9-11-13-15-17-22-26-38(3)5-2/h19,23,31-32,38-43,45,48-50,52H,4-18,20-22,24-30,33-37H2,1-3H3,(H,55,56)/b23-19-,32-31+/t38?,39-,40-,41+,42+,43+,45+/m0/s1. The van der Waals surface area contributed by atoms with E-state index in [4.69, 9.17) is 19.1 Å². The van der Waals surface area contributed by atoms with Crippen LogP contribution in [0.25, 0.3) is 0 Å². The van der Waals surface area contributed by atoms with Crippen LogP contribution in [-0.2, 0) is 37.5 Å². The number of phosphoric ester groups is 1. The molecule has 14 heteroatoms. The highest BCUT2D eigenvalue weighted by Crippen LogP contribution is 2.43. The molecule has 5 N–H and O–H groups in total. The van der Waals surface area contributed by atoms with Crippen LogP contribution in [0.2, 0.25) is 0 Å². The number of rotatable bonds is 40. The molecular weight excluding hydrogens is 803 g/mol. The lowest BCUT2D eigenvalue weighted by molar-refractivity contribution is -0.161. The summed E-state index contributed by atoms with van der Waals surface area (Å²) in [6, 6.07) is 0. The zero-order valence-electron chi connectivity index (χ0n) is 38.0. The zero-order valence-corrected chi connectivity index (χ0v) is 38.9. The summed E-state index contributed by atoms with van der Waals surface area (Å²) in [5.41, 5.74) is 0. The molecule has 2 unspecified atom stereocenters. The van der Waals surface area contributed by atoms with E-state index in [2.05, 4.69) is 25.3 Å². The van der Waals surface area contributed by atoms with Crippen LogP contribution in [0, 0.1) is 17.8 Å². The predicted octanol–water partition coefficient (Wildman–Crippen LogP) is 9.40. The second-order valence-electron chi connectivity index (χ2n) is 17.2. The van der Waals surface area contributed by atoms with Crippen molar-refractivity contribution in [1.29, 1.82) is 0 Å². The van der Waals surface area contributed by atoms with Crippen LogP contribution in [0.4, 0.5) is 0 Å². The maximum Gasteiger partial charge on any atom is 0.472 e. The maximum atomic E-state index is 12.7. The molecule has 356 valence electrons. The number of carbonyl (C=O) groups is 3. The van der Waals surface area contributed by atoms with Crippen LogP contribution >= 0.6 is 7.82 Å². The number of hydrogen-bond donors (Lipinski definition) is 5. The monoisotopic (exact) mass is 889 g/mol. The van der Waals surface area contributed by atoms with Crippen LogP contribution < -0.4 is 0 Å². The summed E-state index contributed by atoms with van der Waals surface area (Å²) in [4.78, 5) is 47.8. The number of allylic oxidation sites excluding steroid dienone is 2. The molecule has 1 aliphatic carbocycles. The lowest BCUT2D eigenvalue weighted by atomic mass is 9.90. The first-order valence-electron chi connectivity index (χ1n) is 23.8. The topological polar surface area (TPSA) is 206 Å². The lowest BCUT2D eigenvalue weighted by Gasteiger charge is -2.20. The van der Waals surface area contributed by atoms with Crippen molar-refractivity contribution in [3.05, 3.63) is 24.3 Å². The highest BCUT2D eigenvalue weighted by Gasteiger charge is 2.39. The van der Waals surface area contributed by atoms with Crippen molar-refractivity contribution < 1.29 is 62.8 Å². The highest BCUT2D eigenvalue weighted by molar-refractivity contribution is 7.47. The molecule has 13 nitrogen and oxygen atoms in total. The maximum absolute atomic E-state index is 12.7. The van der Waals surface area contributed by atoms with Gasteiger partial charge in [-0.15, -0.1) is 0 Å². The Morgan fingerprint density at radius 2 is 1.34 bits per heavy atom. The summed E-state index contributed by atoms with van der Waals surface area (Å²) in [5.74, 6) is -1.02. The van der Waals surface area contributed by atoms with E-state index in [9.17, 15) is 39.2 Å². The Balaban J connectivity index is 2.41. The average Bonchev–Trinajstić information content (AvgIpc) is 3.51. The molecule has 0 aromatic rings. The van der Waals surface area contributed by atoms with Gasteiger partial charge in [-0.25, -0.2) is 4.57 Å². The minimum Gasteiger partial charge on any atom is -0.462 e. The molecule has 0 aromatic heterocycles. The largest absolute Gasteiger partial charge is 0.472 e. The Morgan fingerprint density at radius 1 is 0.770 bits per heavy atom. The molecule has 0 bridgehead atoms. The lowest BCUT2D eigenvalue weighted by Crippen LogP contribution is -2.29. The van der Waals surface area contributed by atoms with Crippen LogP contribution in [0.5, 0.6) is 0 Å². The molecule has 0 heterocycles. The number of esters is 2. The molecule has 1 fully saturated rings. The quantitative estimate of drug-likeness (QED) is 0.0168. The number of phosphoric acid groups is 1. The number of ether oxygens (including phenoxy) is 2. The Bertz CT molecular complexity index is 1240. The number of aliphatic hydroxyl groups is 4. The van der Waals surface area contributed by atoms with Gasteiger partial charge in [0.25, 0.3) is 0 Å². The SMILES string of the molecule is CCCCC[C@H](O)/C=C/[C@H]1[C@H](O)CC(=O)[C@@H]1C/C=C\CCCC(=O)OC[C@H](COP(=O)(O)OC[C@@H](O)CO)OC(=O)CCCCCCCCCCCCCCCCC(C)CC. The molecular formula is C47H85O13P. The van der Waals surface area contributed by atoms with E-state index < -0.39 is 70.6 Å². The third kappa shape index (κ3) is 30.7. The summed E-state index contributed by atoms with van der Waals surface area (Å²) in [7, 11) is -4.68.